The van der Waals surface area contributed by atoms with E-state index in [4.69, 9.17) is 9.47 Å². The predicted octanol–water partition coefficient (Wildman–Crippen LogP) is 5.90. The summed E-state index contributed by atoms with van der Waals surface area (Å²) < 4.78 is 12.2. The van der Waals surface area contributed by atoms with E-state index in [0.717, 1.165) is 17.5 Å². The van der Waals surface area contributed by atoms with Crippen molar-refractivity contribution < 1.29 is 24.2 Å². The summed E-state index contributed by atoms with van der Waals surface area (Å²) in [5.41, 5.74) is 1.69. The first-order valence-electron chi connectivity index (χ1n) is 12.5. The van der Waals surface area contributed by atoms with Gasteiger partial charge in [0.2, 0.25) is 0 Å². The van der Waals surface area contributed by atoms with Gasteiger partial charge < -0.3 is 14.6 Å². The minimum Gasteiger partial charge on any atom is -0.507 e. The Kier molecular flexibility index (Phi) is 7.37. The summed E-state index contributed by atoms with van der Waals surface area (Å²) in [6.45, 7) is 5.06. The summed E-state index contributed by atoms with van der Waals surface area (Å²) in [5, 5.41) is 11.8. The highest BCUT2D eigenvalue weighted by Crippen LogP contribution is 2.44. The van der Waals surface area contributed by atoms with Crippen LogP contribution in [0.4, 0.5) is 5.13 Å². The minimum absolute atomic E-state index is 0.0128. The molecule has 5 rings (SSSR count). The number of anilines is 1. The van der Waals surface area contributed by atoms with Crippen LogP contribution in [-0.4, -0.2) is 40.0 Å². The van der Waals surface area contributed by atoms with Crippen molar-refractivity contribution in [1.29, 1.82) is 0 Å². The van der Waals surface area contributed by atoms with Crippen LogP contribution < -0.4 is 14.4 Å². The third-order valence-electron chi connectivity index (χ3n) is 6.21. The van der Waals surface area contributed by atoms with Crippen molar-refractivity contribution >= 4 is 44.1 Å². The smallest absolute Gasteiger partial charge is 0.301 e. The molecule has 1 aliphatic rings. The molecular weight excluding hydrogens is 502 g/mol. The molecular formula is C29H27N3O5S. The van der Waals surface area contributed by atoms with Crippen LogP contribution in [-0.2, 0) is 9.59 Å². The molecule has 1 fully saturated rings. The van der Waals surface area contributed by atoms with Crippen LogP contribution in [0.15, 0.2) is 72.6 Å². The second-order valence-electron chi connectivity index (χ2n) is 8.74. The Balaban J connectivity index is 1.61. The van der Waals surface area contributed by atoms with Crippen molar-refractivity contribution in [3.8, 4) is 11.5 Å². The predicted molar refractivity (Wildman–Crippen MR) is 147 cm³/mol. The first-order chi connectivity index (χ1) is 18.5. The molecule has 1 N–H and O–H groups in total. The van der Waals surface area contributed by atoms with E-state index in [0.29, 0.717) is 46.5 Å². The Morgan fingerprint density at radius 3 is 2.58 bits per heavy atom. The van der Waals surface area contributed by atoms with Gasteiger partial charge in [-0.05, 0) is 61.4 Å². The van der Waals surface area contributed by atoms with Crippen LogP contribution >= 0.6 is 11.3 Å². The second kappa shape index (κ2) is 11.0. The standard InChI is InChI=1S/C29H27N3O5S/c1-3-5-15-37-20-8-6-7-19(16-20)26(33)24-25(18-11-13-30-14-12-18)32(28(35)27(24)34)29-31-22-10-9-21(36-4-2)17-23(22)38-29/h6-14,16-17,25,33H,3-5,15H2,1-2H3/b26-24+. The molecule has 0 aliphatic carbocycles. The average Bonchev–Trinajstić information content (AvgIpc) is 3.47. The van der Waals surface area contributed by atoms with Gasteiger partial charge >= 0.3 is 5.91 Å². The zero-order valence-electron chi connectivity index (χ0n) is 21.1. The van der Waals surface area contributed by atoms with E-state index in [9.17, 15) is 14.7 Å². The van der Waals surface area contributed by atoms with E-state index in [1.807, 2.05) is 25.1 Å². The van der Waals surface area contributed by atoms with Crippen LogP contribution in [0.1, 0.15) is 43.9 Å². The van der Waals surface area contributed by atoms with Gasteiger partial charge in [-0.2, -0.15) is 0 Å². The minimum atomic E-state index is -0.880. The Morgan fingerprint density at radius 1 is 1.03 bits per heavy atom. The SMILES string of the molecule is CCCCOc1cccc(/C(O)=C2\C(=O)C(=O)N(c3nc4ccc(OCC)cc4s3)C2c2ccncc2)c1. The number of fused-ring (bicyclic) bond motifs is 1. The summed E-state index contributed by atoms with van der Waals surface area (Å²) in [6, 6.07) is 15.0. The van der Waals surface area contributed by atoms with E-state index in [1.165, 1.54) is 16.2 Å². The van der Waals surface area contributed by atoms with Crippen molar-refractivity contribution in [3.63, 3.8) is 0 Å². The Bertz CT molecular complexity index is 1520. The number of aliphatic hydroxyl groups is 1. The van der Waals surface area contributed by atoms with E-state index >= 15 is 0 Å². The van der Waals surface area contributed by atoms with Gasteiger partial charge in [-0.1, -0.05) is 36.8 Å². The number of nitrogens with zero attached hydrogens (tertiary/aromatic N) is 3. The van der Waals surface area contributed by atoms with Gasteiger partial charge in [0.1, 0.15) is 17.3 Å². The van der Waals surface area contributed by atoms with Crippen LogP contribution in [0.5, 0.6) is 11.5 Å². The lowest BCUT2D eigenvalue weighted by Gasteiger charge is -2.22. The molecule has 194 valence electrons. The Labute approximate surface area is 224 Å². The van der Waals surface area contributed by atoms with Crippen molar-refractivity contribution in [2.45, 2.75) is 32.7 Å². The number of rotatable bonds is 9. The molecule has 2 aromatic carbocycles. The number of carbonyl (C=O) groups is 2. The summed E-state index contributed by atoms with van der Waals surface area (Å²) in [6.07, 6.45) is 5.07. The number of thiazole rings is 1. The van der Waals surface area contributed by atoms with Gasteiger partial charge in [0.15, 0.2) is 5.13 Å². The lowest BCUT2D eigenvalue weighted by Crippen LogP contribution is -2.29. The number of amides is 1. The maximum atomic E-state index is 13.5. The molecule has 1 saturated heterocycles. The molecule has 1 amide bonds. The fourth-order valence-electron chi connectivity index (χ4n) is 4.37. The number of carbonyl (C=O) groups excluding carboxylic acids is 2. The molecule has 9 heteroatoms. The Hall–Kier alpha value is -4.24. The number of aliphatic hydroxyl groups excluding tert-OH is 1. The molecule has 0 radical (unpaired) electrons. The van der Waals surface area contributed by atoms with Crippen molar-refractivity contribution in [1.82, 2.24) is 9.97 Å². The number of aromatic nitrogens is 2. The monoisotopic (exact) mass is 529 g/mol. The lowest BCUT2D eigenvalue weighted by molar-refractivity contribution is -0.132. The summed E-state index contributed by atoms with van der Waals surface area (Å²) in [5.74, 6) is -0.533. The Morgan fingerprint density at radius 2 is 1.82 bits per heavy atom. The average molecular weight is 530 g/mol. The number of ketones is 1. The summed E-state index contributed by atoms with van der Waals surface area (Å²) >= 11 is 1.28. The van der Waals surface area contributed by atoms with E-state index in [-0.39, 0.29) is 11.3 Å². The van der Waals surface area contributed by atoms with Gasteiger partial charge in [0, 0.05) is 18.0 Å². The highest BCUT2D eigenvalue weighted by Gasteiger charge is 2.48. The number of unbranched alkanes of at least 4 members (excludes halogenated alkanes) is 1. The zero-order chi connectivity index (χ0) is 26.6. The van der Waals surface area contributed by atoms with Gasteiger partial charge in [-0.15, -0.1) is 0 Å². The molecule has 0 bridgehead atoms. The number of Topliss-reactive ketones (excluding diaryl/α,β-unsaturated/α-hetero) is 1. The maximum absolute atomic E-state index is 13.5. The lowest BCUT2D eigenvalue weighted by atomic mass is 9.96. The van der Waals surface area contributed by atoms with Crippen molar-refractivity contribution in [2.24, 2.45) is 0 Å². The molecule has 8 nitrogen and oxygen atoms in total. The molecule has 1 unspecified atom stereocenters. The van der Waals surface area contributed by atoms with Gasteiger partial charge in [-0.25, -0.2) is 4.98 Å². The van der Waals surface area contributed by atoms with E-state index < -0.39 is 17.7 Å². The first-order valence-corrected chi connectivity index (χ1v) is 13.3. The zero-order valence-corrected chi connectivity index (χ0v) is 21.9. The summed E-state index contributed by atoms with van der Waals surface area (Å²) in [7, 11) is 0. The third-order valence-corrected chi connectivity index (χ3v) is 7.22. The van der Waals surface area contributed by atoms with Crippen LogP contribution in [0.3, 0.4) is 0 Å². The quantitative estimate of drug-likeness (QED) is 0.125. The van der Waals surface area contributed by atoms with Crippen molar-refractivity contribution in [3.05, 3.63) is 83.7 Å². The molecule has 0 saturated carbocycles. The summed E-state index contributed by atoms with van der Waals surface area (Å²) in [4.78, 5) is 37.0. The highest BCUT2D eigenvalue weighted by atomic mass is 32.1. The largest absolute Gasteiger partial charge is 0.507 e. The molecule has 3 heterocycles. The van der Waals surface area contributed by atoms with Crippen LogP contribution in [0.25, 0.3) is 16.0 Å². The number of hydrogen-bond donors (Lipinski definition) is 1. The normalized spacial score (nSPS) is 16.8. The van der Waals surface area contributed by atoms with E-state index in [2.05, 4.69) is 16.9 Å². The number of benzene rings is 2. The van der Waals surface area contributed by atoms with Crippen LogP contribution in [0.2, 0.25) is 0 Å². The molecule has 1 aliphatic heterocycles. The van der Waals surface area contributed by atoms with Crippen LogP contribution in [0, 0.1) is 0 Å². The molecule has 38 heavy (non-hydrogen) atoms. The van der Waals surface area contributed by atoms with E-state index in [1.54, 1.807) is 48.8 Å². The second-order valence-corrected chi connectivity index (χ2v) is 9.75. The third kappa shape index (κ3) is 4.84. The number of pyridine rings is 1. The van der Waals surface area contributed by atoms with Gasteiger partial charge in [0.05, 0.1) is 35.0 Å². The van der Waals surface area contributed by atoms with Crippen molar-refractivity contribution in [2.75, 3.05) is 18.1 Å². The molecule has 2 aromatic heterocycles. The molecule has 4 aromatic rings. The number of ether oxygens (including phenoxy) is 2. The fourth-order valence-corrected chi connectivity index (χ4v) is 5.39. The fraction of sp³-hybridized carbons (Fsp3) is 0.241. The molecule has 1 atom stereocenters. The molecule has 0 spiro atoms. The van der Waals surface area contributed by atoms with Gasteiger partial charge in [0.25, 0.3) is 5.78 Å². The highest BCUT2D eigenvalue weighted by molar-refractivity contribution is 7.22. The first kappa shape index (κ1) is 25.4. The number of hydrogen-bond acceptors (Lipinski definition) is 8. The topological polar surface area (TPSA) is 102 Å². The maximum Gasteiger partial charge on any atom is 0.301 e. The van der Waals surface area contributed by atoms with Gasteiger partial charge in [-0.3, -0.25) is 19.5 Å².